The molecule has 3 N–H and O–H groups in total. The van der Waals surface area contributed by atoms with Crippen molar-refractivity contribution in [1.29, 1.82) is 0 Å². The molecule has 1 heterocycles. The summed E-state index contributed by atoms with van der Waals surface area (Å²) in [6.07, 6.45) is 0. The summed E-state index contributed by atoms with van der Waals surface area (Å²) in [7, 11) is 0. The summed E-state index contributed by atoms with van der Waals surface area (Å²) in [4.78, 5) is 12.3. The Hall–Kier alpha value is -2.94. The summed E-state index contributed by atoms with van der Waals surface area (Å²) in [5.74, 6) is 4.64. The van der Waals surface area contributed by atoms with E-state index in [9.17, 15) is 13.6 Å². The van der Waals surface area contributed by atoms with Gasteiger partial charge in [-0.15, -0.1) is 10.2 Å². The molecule has 1 amide bonds. The molecule has 0 aliphatic rings. The number of aryl methyl sites for hydroxylation is 1. The van der Waals surface area contributed by atoms with Crippen molar-refractivity contribution < 1.29 is 13.6 Å². The summed E-state index contributed by atoms with van der Waals surface area (Å²) in [5.41, 5.74) is 1.68. The Kier molecular flexibility index (Phi) is 5.41. The first-order chi connectivity index (χ1) is 12.8. The second-order valence-electron chi connectivity index (χ2n) is 5.92. The maximum absolute atomic E-state index is 13.7. The molecule has 0 unspecified atom stereocenters. The first-order valence-electron chi connectivity index (χ1n) is 8.05. The van der Waals surface area contributed by atoms with Crippen LogP contribution in [0.4, 0.5) is 14.5 Å². The van der Waals surface area contributed by atoms with E-state index in [1.807, 2.05) is 31.2 Å². The van der Waals surface area contributed by atoms with Gasteiger partial charge in [0.1, 0.15) is 11.6 Å². The van der Waals surface area contributed by atoms with Gasteiger partial charge in [0, 0.05) is 11.6 Å². The molecule has 27 heavy (non-hydrogen) atoms. The molecule has 140 valence electrons. The topological polar surface area (TPSA) is 85.8 Å². The normalized spacial score (nSPS) is 12.0. The Morgan fingerprint density at radius 2 is 1.89 bits per heavy atom. The highest BCUT2D eigenvalue weighted by atomic mass is 32.2. The molecule has 0 radical (unpaired) electrons. The number of nitrogens with one attached hydrogen (secondary N) is 1. The number of amides is 1. The van der Waals surface area contributed by atoms with Gasteiger partial charge in [-0.1, -0.05) is 41.6 Å². The summed E-state index contributed by atoms with van der Waals surface area (Å²) in [6, 6.07) is 10.5. The van der Waals surface area contributed by atoms with Gasteiger partial charge in [0.05, 0.1) is 10.9 Å². The van der Waals surface area contributed by atoms with Gasteiger partial charge < -0.3 is 11.2 Å². The third-order valence-electron chi connectivity index (χ3n) is 3.81. The lowest BCUT2D eigenvalue weighted by molar-refractivity contribution is -0.115. The van der Waals surface area contributed by atoms with Crippen molar-refractivity contribution in [2.45, 2.75) is 24.3 Å². The minimum Gasteiger partial charge on any atom is -0.335 e. The van der Waals surface area contributed by atoms with Crippen LogP contribution in [-0.4, -0.2) is 26.0 Å². The van der Waals surface area contributed by atoms with E-state index in [2.05, 4.69) is 15.5 Å². The van der Waals surface area contributed by atoms with Crippen molar-refractivity contribution in [2.75, 3.05) is 11.2 Å². The fourth-order valence-corrected chi connectivity index (χ4v) is 3.07. The minimum atomic E-state index is -0.717. The fraction of sp³-hybridized carbons (Fsp3) is 0.167. The van der Waals surface area contributed by atoms with E-state index in [1.165, 1.54) is 4.68 Å². The molecule has 3 rings (SSSR count). The standard InChI is InChI=1S/C18H17F2N5OS/c1-10-3-5-12(6-4-10)16-23-24-18(25(16)21)27-11(2)17(26)22-15-9-13(19)7-8-14(15)20/h3-9,11H,21H2,1-2H3,(H,22,26)/t11-/m1/s1. The first kappa shape index (κ1) is 18.8. The van der Waals surface area contributed by atoms with Crippen LogP contribution in [0.1, 0.15) is 12.5 Å². The van der Waals surface area contributed by atoms with Crippen molar-refractivity contribution in [3.8, 4) is 11.4 Å². The smallest absolute Gasteiger partial charge is 0.237 e. The number of thioether (sulfide) groups is 1. The average molecular weight is 389 g/mol. The minimum absolute atomic E-state index is 0.220. The molecule has 0 aliphatic carbocycles. The summed E-state index contributed by atoms with van der Waals surface area (Å²) in [5, 5.41) is 10.1. The molecule has 1 atom stereocenters. The van der Waals surface area contributed by atoms with E-state index >= 15 is 0 Å². The number of hydrogen-bond donors (Lipinski definition) is 2. The van der Waals surface area contributed by atoms with Crippen LogP contribution in [0, 0.1) is 18.6 Å². The van der Waals surface area contributed by atoms with Gasteiger partial charge in [0.2, 0.25) is 11.1 Å². The number of halogens is 2. The zero-order valence-electron chi connectivity index (χ0n) is 14.6. The van der Waals surface area contributed by atoms with Crippen LogP contribution in [0.25, 0.3) is 11.4 Å². The Labute approximate surface area is 158 Å². The highest BCUT2D eigenvalue weighted by Crippen LogP contribution is 2.26. The van der Waals surface area contributed by atoms with Crippen LogP contribution < -0.4 is 11.2 Å². The van der Waals surface area contributed by atoms with Gasteiger partial charge in [-0.25, -0.2) is 13.5 Å². The quantitative estimate of drug-likeness (QED) is 0.516. The molecule has 2 aromatic carbocycles. The number of benzene rings is 2. The molecule has 1 aromatic heterocycles. The van der Waals surface area contributed by atoms with Gasteiger partial charge in [-0.2, -0.15) is 0 Å². The van der Waals surface area contributed by atoms with Gasteiger partial charge >= 0.3 is 0 Å². The van der Waals surface area contributed by atoms with Gasteiger partial charge in [0.25, 0.3) is 0 Å². The number of nitrogen functional groups attached to an aromatic ring is 1. The molecule has 0 spiro atoms. The predicted molar refractivity (Wildman–Crippen MR) is 101 cm³/mol. The molecule has 0 saturated carbocycles. The van der Waals surface area contributed by atoms with Gasteiger partial charge in [-0.05, 0) is 26.0 Å². The summed E-state index contributed by atoms with van der Waals surface area (Å²) < 4.78 is 28.2. The van der Waals surface area contributed by atoms with E-state index in [4.69, 9.17) is 5.84 Å². The lowest BCUT2D eigenvalue weighted by atomic mass is 10.1. The zero-order chi connectivity index (χ0) is 19.6. The third kappa shape index (κ3) is 4.25. The van der Waals surface area contributed by atoms with E-state index in [0.717, 1.165) is 41.1 Å². The van der Waals surface area contributed by atoms with Crippen molar-refractivity contribution in [3.05, 3.63) is 59.7 Å². The van der Waals surface area contributed by atoms with Crippen molar-refractivity contribution in [1.82, 2.24) is 14.9 Å². The first-order valence-corrected chi connectivity index (χ1v) is 8.93. The Morgan fingerprint density at radius 3 is 2.59 bits per heavy atom. The maximum Gasteiger partial charge on any atom is 0.237 e. The number of nitrogens with two attached hydrogens (primary N) is 1. The van der Waals surface area contributed by atoms with Gasteiger partial charge in [-0.3, -0.25) is 4.79 Å². The number of aromatic nitrogens is 3. The van der Waals surface area contributed by atoms with Crippen LogP contribution in [0.3, 0.4) is 0 Å². The Morgan fingerprint density at radius 1 is 1.19 bits per heavy atom. The fourth-order valence-electron chi connectivity index (χ4n) is 2.30. The molecule has 0 aliphatic heterocycles. The van der Waals surface area contributed by atoms with Crippen LogP contribution in [-0.2, 0) is 4.79 Å². The van der Waals surface area contributed by atoms with Crippen LogP contribution in [0.2, 0.25) is 0 Å². The van der Waals surface area contributed by atoms with Crippen LogP contribution >= 0.6 is 11.8 Å². The largest absolute Gasteiger partial charge is 0.335 e. The number of carbonyl (C=O) groups is 1. The summed E-state index contributed by atoms with van der Waals surface area (Å²) >= 11 is 1.06. The second-order valence-corrected chi connectivity index (χ2v) is 7.22. The van der Waals surface area contributed by atoms with Crippen molar-refractivity contribution in [2.24, 2.45) is 0 Å². The molecular formula is C18H17F2N5OS. The second kappa shape index (κ2) is 7.75. The Bertz CT molecular complexity index is 974. The van der Waals surface area contributed by atoms with Gasteiger partial charge in [0.15, 0.2) is 5.82 Å². The van der Waals surface area contributed by atoms with E-state index in [-0.39, 0.29) is 5.69 Å². The maximum atomic E-state index is 13.7. The molecule has 0 bridgehead atoms. The third-order valence-corrected chi connectivity index (χ3v) is 4.87. The average Bonchev–Trinajstić information content (AvgIpc) is 2.99. The lowest BCUT2D eigenvalue weighted by Gasteiger charge is -2.12. The molecule has 3 aromatic rings. The van der Waals surface area contributed by atoms with Crippen molar-refractivity contribution >= 4 is 23.4 Å². The zero-order valence-corrected chi connectivity index (χ0v) is 15.4. The molecule has 6 nitrogen and oxygen atoms in total. The number of carbonyl (C=O) groups excluding carboxylic acids is 1. The molecule has 0 fully saturated rings. The highest BCUT2D eigenvalue weighted by Gasteiger charge is 2.21. The summed E-state index contributed by atoms with van der Waals surface area (Å²) in [6.45, 7) is 3.58. The van der Waals surface area contributed by atoms with Crippen molar-refractivity contribution in [3.63, 3.8) is 0 Å². The monoisotopic (exact) mass is 389 g/mol. The number of rotatable bonds is 5. The highest BCUT2D eigenvalue weighted by molar-refractivity contribution is 8.00. The molecule has 0 saturated heterocycles. The number of hydrogen-bond acceptors (Lipinski definition) is 5. The predicted octanol–water partition coefficient (Wildman–Crippen LogP) is 3.36. The lowest BCUT2D eigenvalue weighted by Crippen LogP contribution is -2.24. The van der Waals surface area contributed by atoms with E-state index in [0.29, 0.717) is 11.0 Å². The van der Waals surface area contributed by atoms with E-state index < -0.39 is 22.8 Å². The van der Waals surface area contributed by atoms with Crippen LogP contribution in [0.5, 0.6) is 0 Å². The number of nitrogens with zero attached hydrogens (tertiary/aromatic N) is 3. The number of anilines is 1. The molecular weight excluding hydrogens is 372 g/mol. The van der Waals surface area contributed by atoms with Crippen LogP contribution in [0.15, 0.2) is 47.6 Å². The SMILES string of the molecule is Cc1ccc(-c2nnc(S[C@H](C)C(=O)Nc3cc(F)ccc3F)n2N)cc1. The molecule has 9 heteroatoms. The van der Waals surface area contributed by atoms with E-state index in [1.54, 1.807) is 6.92 Å². The Balaban J connectivity index is 1.72.